The first-order chi connectivity index (χ1) is 13.0. The zero-order chi connectivity index (χ0) is 19.0. The molecule has 9 heteroatoms. The molecule has 3 aromatic heterocycles. The molecule has 7 nitrogen and oxygen atoms in total. The highest BCUT2D eigenvalue weighted by Crippen LogP contribution is 2.24. The maximum Gasteiger partial charge on any atom is 0.278 e. The lowest BCUT2D eigenvalue weighted by Gasteiger charge is -2.05. The predicted octanol–water partition coefficient (Wildman–Crippen LogP) is 3.63. The van der Waals surface area contributed by atoms with E-state index in [1.54, 1.807) is 18.8 Å². The Kier molecular flexibility index (Phi) is 4.79. The van der Waals surface area contributed by atoms with Crippen LogP contribution in [0.15, 0.2) is 49.7 Å². The molecule has 138 valence electrons. The van der Waals surface area contributed by atoms with Gasteiger partial charge in [0.25, 0.3) is 5.56 Å². The highest BCUT2D eigenvalue weighted by molar-refractivity contribution is 7.98. The molecule has 0 fully saturated rings. The Bertz CT molecular complexity index is 1160. The maximum atomic E-state index is 12.4. The second kappa shape index (κ2) is 7.24. The molecule has 0 atom stereocenters. The normalized spacial score (nSPS) is 11.4. The van der Waals surface area contributed by atoms with Crippen LogP contribution in [0.1, 0.15) is 11.6 Å². The van der Waals surface area contributed by atoms with Gasteiger partial charge in [0.05, 0.1) is 11.3 Å². The van der Waals surface area contributed by atoms with E-state index in [0.717, 1.165) is 11.3 Å². The number of aromatic amines is 1. The number of nitrogens with zero attached hydrogens (tertiary/aromatic N) is 4. The van der Waals surface area contributed by atoms with Crippen molar-refractivity contribution in [3.8, 4) is 11.4 Å². The molecule has 0 saturated heterocycles. The van der Waals surface area contributed by atoms with Crippen LogP contribution >= 0.6 is 23.5 Å². The Balaban J connectivity index is 1.54. The molecule has 1 N–H and O–H groups in total. The molecule has 0 unspecified atom stereocenters. The minimum absolute atomic E-state index is 0.101. The highest BCUT2D eigenvalue weighted by Gasteiger charge is 2.14. The summed E-state index contributed by atoms with van der Waals surface area (Å²) in [6.45, 7) is 1.90. The number of nitrogens with one attached hydrogen (secondary N) is 1. The molecule has 0 spiro atoms. The maximum absolute atomic E-state index is 12.4. The van der Waals surface area contributed by atoms with Crippen molar-refractivity contribution < 1.29 is 4.52 Å². The van der Waals surface area contributed by atoms with E-state index < -0.39 is 0 Å². The average Bonchev–Trinajstić information content (AvgIpc) is 3.30. The quantitative estimate of drug-likeness (QED) is 0.405. The summed E-state index contributed by atoms with van der Waals surface area (Å²) in [4.78, 5) is 25.7. The van der Waals surface area contributed by atoms with Gasteiger partial charge in [-0.1, -0.05) is 16.9 Å². The molecule has 4 rings (SSSR count). The van der Waals surface area contributed by atoms with E-state index >= 15 is 0 Å². The van der Waals surface area contributed by atoms with Gasteiger partial charge in [0.2, 0.25) is 11.7 Å². The second-order valence-corrected chi connectivity index (χ2v) is 7.82. The molecule has 0 bridgehead atoms. The summed E-state index contributed by atoms with van der Waals surface area (Å²) < 4.78 is 6.88. The molecular weight excluding hydrogens is 382 g/mol. The number of benzene rings is 1. The Morgan fingerprint density at radius 3 is 2.74 bits per heavy atom. The van der Waals surface area contributed by atoms with Gasteiger partial charge < -0.3 is 9.51 Å². The second-order valence-electron chi connectivity index (χ2n) is 6.00. The van der Waals surface area contributed by atoms with E-state index in [4.69, 9.17) is 4.52 Å². The molecule has 0 radical (unpaired) electrons. The van der Waals surface area contributed by atoms with Crippen molar-refractivity contribution in [2.24, 2.45) is 7.05 Å². The van der Waals surface area contributed by atoms with Gasteiger partial charge in [0.15, 0.2) is 5.16 Å². The molecule has 0 aliphatic heterocycles. The largest absolute Gasteiger partial charge is 0.353 e. The SMILES string of the molecule is CSc1ccc(-c2noc(CSc3nc4cc(C)[nH]c4c(=O)n3C)n2)cc1. The molecule has 4 aromatic rings. The van der Waals surface area contributed by atoms with Crippen LogP contribution in [-0.2, 0) is 12.8 Å². The summed E-state index contributed by atoms with van der Waals surface area (Å²) >= 11 is 3.08. The average molecular weight is 400 g/mol. The van der Waals surface area contributed by atoms with Crippen LogP contribution in [0.2, 0.25) is 0 Å². The highest BCUT2D eigenvalue weighted by atomic mass is 32.2. The molecule has 0 amide bonds. The van der Waals surface area contributed by atoms with Crippen LogP contribution in [0.4, 0.5) is 0 Å². The Hall–Kier alpha value is -2.52. The van der Waals surface area contributed by atoms with Crippen molar-refractivity contribution in [1.29, 1.82) is 0 Å². The number of H-pyrrole nitrogens is 1. The standard InChI is InChI=1S/C18H17N5O2S2/c1-10-8-13-15(19-10)17(24)23(2)18(20-13)27-9-14-21-16(22-25-14)11-4-6-12(26-3)7-5-11/h4-8,19H,9H2,1-3H3. The monoisotopic (exact) mass is 399 g/mol. The Morgan fingerprint density at radius 2 is 2.00 bits per heavy atom. The minimum Gasteiger partial charge on any atom is -0.353 e. The van der Waals surface area contributed by atoms with Gasteiger partial charge in [0.1, 0.15) is 5.52 Å². The Morgan fingerprint density at radius 1 is 1.22 bits per heavy atom. The fourth-order valence-corrected chi connectivity index (χ4v) is 3.90. The summed E-state index contributed by atoms with van der Waals surface area (Å²) in [6.07, 6.45) is 2.03. The number of hydrogen-bond acceptors (Lipinski definition) is 7. The molecule has 1 aromatic carbocycles. The third-order valence-electron chi connectivity index (χ3n) is 4.09. The van der Waals surface area contributed by atoms with Crippen molar-refractivity contribution in [3.05, 3.63) is 52.3 Å². The number of aromatic nitrogens is 5. The van der Waals surface area contributed by atoms with Gasteiger partial charge in [0, 0.05) is 23.2 Å². The van der Waals surface area contributed by atoms with Crippen LogP contribution in [0.25, 0.3) is 22.4 Å². The minimum atomic E-state index is -0.101. The third-order valence-corrected chi connectivity index (χ3v) is 5.85. The smallest absolute Gasteiger partial charge is 0.278 e. The number of aryl methyl sites for hydroxylation is 1. The van der Waals surface area contributed by atoms with E-state index in [0.29, 0.717) is 33.7 Å². The third kappa shape index (κ3) is 3.52. The van der Waals surface area contributed by atoms with Crippen molar-refractivity contribution in [2.45, 2.75) is 22.7 Å². The van der Waals surface area contributed by atoms with Gasteiger partial charge in [-0.3, -0.25) is 9.36 Å². The Labute approximate surface area is 163 Å². The van der Waals surface area contributed by atoms with Crippen molar-refractivity contribution >= 4 is 34.6 Å². The molecular formula is C18H17N5O2S2. The molecule has 0 aliphatic carbocycles. The predicted molar refractivity (Wildman–Crippen MR) is 107 cm³/mol. The number of fused-ring (bicyclic) bond motifs is 1. The summed E-state index contributed by atoms with van der Waals surface area (Å²) in [7, 11) is 1.71. The van der Waals surface area contributed by atoms with E-state index in [9.17, 15) is 4.79 Å². The van der Waals surface area contributed by atoms with E-state index in [-0.39, 0.29) is 5.56 Å². The molecule has 27 heavy (non-hydrogen) atoms. The fourth-order valence-electron chi connectivity index (χ4n) is 2.68. The lowest BCUT2D eigenvalue weighted by molar-refractivity contribution is 0.391. The van der Waals surface area contributed by atoms with Crippen LogP contribution in [0.3, 0.4) is 0 Å². The molecule has 0 saturated carbocycles. The van der Waals surface area contributed by atoms with Gasteiger partial charge in [-0.15, -0.1) is 11.8 Å². The van der Waals surface area contributed by atoms with E-state index in [1.165, 1.54) is 21.2 Å². The molecule has 3 heterocycles. The number of hydrogen-bond donors (Lipinski definition) is 1. The van der Waals surface area contributed by atoms with Crippen molar-refractivity contribution in [2.75, 3.05) is 6.26 Å². The van der Waals surface area contributed by atoms with Gasteiger partial charge in [-0.05, 0) is 43.5 Å². The lowest BCUT2D eigenvalue weighted by atomic mass is 10.2. The van der Waals surface area contributed by atoms with Gasteiger partial charge in [-0.25, -0.2) is 4.98 Å². The zero-order valence-electron chi connectivity index (χ0n) is 15.0. The zero-order valence-corrected chi connectivity index (χ0v) is 16.6. The fraction of sp³-hybridized carbons (Fsp3) is 0.222. The molecule has 0 aliphatic rings. The summed E-state index contributed by atoms with van der Waals surface area (Å²) in [6, 6.07) is 9.86. The van der Waals surface area contributed by atoms with E-state index in [1.807, 2.05) is 43.5 Å². The summed E-state index contributed by atoms with van der Waals surface area (Å²) in [5.41, 5.74) is 2.90. The van der Waals surface area contributed by atoms with Crippen molar-refractivity contribution in [3.63, 3.8) is 0 Å². The van der Waals surface area contributed by atoms with Crippen molar-refractivity contribution in [1.82, 2.24) is 24.7 Å². The van der Waals surface area contributed by atoms with E-state index in [2.05, 4.69) is 20.1 Å². The first-order valence-electron chi connectivity index (χ1n) is 8.21. The van der Waals surface area contributed by atoms with Crippen LogP contribution in [-0.4, -0.2) is 30.9 Å². The number of thioether (sulfide) groups is 2. The summed E-state index contributed by atoms with van der Waals surface area (Å²) in [5, 5.41) is 4.65. The number of rotatable bonds is 5. The van der Waals surface area contributed by atoms with Crippen LogP contribution in [0, 0.1) is 6.92 Å². The first kappa shape index (κ1) is 17.9. The lowest BCUT2D eigenvalue weighted by Crippen LogP contribution is -2.19. The summed E-state index contributed by atoms with van der Waals surface area (Å²) in [5.74, 6) is 1.48. The first-order valence-corrected chi connectivity index (χ1v) is 10.4. The topological polar surface area (TPSA) is 89.6 Å². The van der Waals surface area contributed by atoms with Crippen LogP contribution < -0.4 is 5.56 Å². The van der Waals surface area contributed by atoms with Gasteiger partial charge >= 0.3 is 0 Å². The van der Waals surface area contributed by atoms with Gasteiger partial charge in [-0.2, -0.15) is 4.98 Å². The van der Waals surface area contributed by atoms with Crippen LogP contribution in [0.5, 0.6) is 0 Å².